The van der Waals surface area contributed by atoms with E-state index in [4.69, 9.17) is 16.4 Å². The molecular weight excluding hydrogens is 352 g/mol. The van der Waals surface area contributed by atoms with Gasteiger partial charge in [0.2, 0.25) is 0 Å². The van der Waals surface area contributed by atoms with E-state index in [0.29, 0.717) is 11.1 Å². The molecule has 23 heavy (non-hydrogen) atoms. The third kappa shape index (κ3) is 4.32. The minimum Gasteiger partial charge on any atom is -0.435 e. The Morgan fingerprint density at radius 2 is 2.17 bits per heavy atom. The summed E-state index contributed by atoms with van der Waals surface area (Å²) >= 11 is 5.73. The number of benzene rings is 1. The maximum absolute atomic E-state index is 12.4. The van der Waals surface area contributed by atoms with Gasteiger partial charge >= 0.3 is 6.61 Å². The van der Waals surface area contributed by atoms with Gasteiger partial charge in [0, 0.05) is 6.42 Å². The number of oxime groups is 1. The molecule has 1 aromatic rings. The fraction of sp³-hybridized carbons (Fsp3) is 0.500. The maximum Gasteiger partial charge on any atom is 0.387 e. The Morgan fingerprint density at radius 3 is 2.74 bits per heavy atom. The molecule has 0 saturated carbocycles. The predicted octanol–water partition coefficient (Wildman–Crippen LogP) is 3.24. The van der Waals surface area contributed by atoms with Crippen LogP contribution in [0.2, 0.25) is 0 Å². The molecule has 0 spiro atoms. The molecule has 9 heteroatoms. The van der Waals surface area contributed by atoms with Gasteiger partial charge in [-0.1, -0.05) is 17.3 Å². The average molecular weight is 368 g/mol. The van der Waals surface area contributed by atoms with E-state index in [9.17, 15) is 17.2 Å². The Bertz CT molecular complexity index is 723. The fourth-order valence-corrected chi connectivity index (χ4v) is 3.65. The van der Waals surface area contributed by atoms with Crippen LogP contribution >= 0.6 is 11.6 Å². The van der Waals surface area contributed by atoms with Crippen molar-refractivity contribution in [3.05, 3.63) is 29.3 Å². The van der Waals surface area contributed by atoms with Gasteiger partial charge in [-0.25, -0.2) is 8.42 Å². The SMILES string of the molecule is Cc1ccc(CS(=O)(=O)C2=NOC(C)(CCl)C2)cc1OC(F)F. The van der Waals surface area contributed by atoms with Crippen molar-refractivity contribution in [1.82, 2.24) is 0 Å². The molecule has 5 nitrogen and oxygen atoms in total. The van der Waals surface area contributed by atoms with Gasteiger partial charge in [0.1, 0.15) is 5.75 Å². The van der Waals surface area contributed by atoms with Crippen molar-refractivity contribution in [3.63, 3.8) is 0 Å². The first-order valence-electron chi connectivity index (χ1n) is 6.73. The lowest BCUT2D eigenvalue weighted by atomic mass is 10.1. The van der Waals surface area contributed by atoms with E-state index in [-0.39, 0.29) is 28.8 Å². The zero-order chi connectivity index (χ0) is 17.3. The second kappa shape index (κ2) is 6.60. The molecule has 1 unspecified atom stereocenters. The van der Waals surface area contributed by atoms with Crippen LogP contribution < -0.4 is 4.74 Å². The monoisotopic (exact) mass is 367 g/mol. The van der Waals surface area contributed by atoms with Crippen molar-refractivity contribution >= 4 is 26.5 Å². The van der Waals surface area contributed by atoms with Crippen LogP contribution in [0.1, 0.15) is 24.5 Å². The molecule has 0 saturated heterocycles. The van der Waals surface area contributed by atoms with Gasteiger partial charge in [-0.2, -0.15) is 8.78 Å². The highest BCUT2D eigenvalue weighted by Gasteiger charge is 2.39. The predicted molar refractivity (Wildman–Crippen MR) is 82.7 cm³/mol. The molecule has 0 radical (unpaired) electrons. The molecule has 1 atom stereocenters. The van der Waals surface area contributed by atoms with E-state index in [1.54, 1.807) is 19.9 Å². The average Bonchev–Trinajstić information content (AvgIpc) is 2.86. The standard InChI is InChI=1S/C14H16ClF2NO4S/c1-9-3-4-10(5-11(9)21-13(16)17)7-23(19,20)12-6-14(2,8-15)22-18-12/h3-5,13H,6-8H2,1-2H3. The van der Waals surface area contributed by atoms with E-state index >= 15 is 0 Å². The minimum absolute atomic E-state index is 0.0529. The molecule has 1 heterocycles. The van der Waals surface area contributed by atoms with Gasteiger partial charge in [-0.3, -0.25) is 0 Å². The molecule has 0 aromatic heterocycles. The quantitative estimate of drug-likeness (QED) is 0.749. The highest BCUT2D eigenvalue weighted by atomic mass is 35.5. The van der Waals surface area contributed by atoms with Crippen molar-refractivity contribution in [2.75, 3.05) is 5.88 Å². The first-order valence-corrected chi connectivity index (χ1v) is 8.92. The minimum atomic E-state index is -3.73. The van der Waals surface area contributed by atoms with Gasteiger partial charge in [0.25, 0.3) is 0 Å². The number of hydrogen-bond donors (Lipinski definition) is 0. The molecule has 0 N–H and O–H groups in total. The van der Waals surface area contributed by atoms with Crippen LogP contribution in [0, 0.1) is 6.92 Å². The number of aryl methyl sites for hydroxylation is 1. The molecule has 1 aromatic carbocycles. The number of rotatable bonds is 5. The molecule has 0 aliphatic carbocycles. The highest BCUT2D eigenvalue weighted by Crippen LogP contribution is 2.29. The van der Waals surface area contributed by atoms with Crippen molar-refractivity contribution < 1.29 is 26.8 Å². The summed E-state index contributed by atoms with van der Waals surface area (Å²) in [4.78, 5) is 5.07. The second-order valence-electron chi connectivity index (χ2n) is 5.57. The smallest absolute Gasteiger partial charge is 0.387 e. The lowest BCUT2D eigenvalue weighted by Gasteiger charge is -2.16. The molecular formula is C14H16ClF2NO4S. The van der Waals surface area contributed by atoms with Crippen LogP contribution in [0.25, 0.3) is 0 Å². The number of nitrogens with zero attached hydrogens (tertiary/aromatic N) is 1. The van der Waals surface area contributed by atoms with Gasteiger partial charge < -0.3 is 9.57 Å². The number of hydrogen-bond acceptors (Lipinski definition) is 5. The topological polar surface area (TPSA) is 65.0 Å². The zero-order valence-corrected chi connectivity index (χ0v) is 14.1. The fourth-order valence-electron chi connectivity index (χ4n) is 2.04. The van der Waals surface area contributed by atoms with Crippen molar-refractivity contribution in [2.24, 2.45) is 5.16 Å². The van der Waals surface area contributed by atoms with Gasteiger partial charge in [0.05, 0.1) is 11.6 Å². The number of sulfone groups is 1. The summed E-state index contributed by atoms with van der Waals surface area (Å²) in [5, 5.41) is 3.51. The van der Waals surface area contributed by atoms with Crippen molar-refractivity contribution in [1.29, 1.82) is 0 Å². The third-order valence-electron chi connectivity index (χ3n) is 3.36. The van der Waals surface area contributed by atoms with Gasteiger partial charge in [0.15, 0.2) is 20.5 Å². The third-order valence-corrected chi connectivity index (χ3v) is 5.58. The molecule has 128 valence electrons. The van der Waals surface area contributed by atoms with Crippen LogP contribution in [0.4, 0.5) is 8.78 Å². The largest absolute Gasteiger partial charge is 0.435 e. The van der Waals surface area contributed by atoms with E-state index in [0.717, 1.165) is 0 Å². The molecule has 0 bridgehead atoms. The Morgan fingerprint density at radius 1 is 1.48 bits per heavy atom. The Balaban J connectivity index is 2.18. The number of halogens is 3. The van der Waals surface area contributed by atoms with Crippen molar-refractivity contribution in [3.8, 4) is 5.75 Å². The van der Waals surface area contributed by atoms with E-state index in [1.165, 1.54) is 12.1 Å². The van der Waals surface area contributed by atoms with Crippen LogP contribution in [0.15, 0.2) is 23.4 Å². The molecule has 2 rings (SSSR count). The van der Waals surface area contributed by atoms with Gasteiger partial charge in [-0.15, -0.1) is 11.6 Å². The van der Waals surface area contributed by atoms with E-state index in [2.05, 4.69) is 9.89 Å². The first kappa shape index (κ1) is 17.9. The summed E-state index contributed by atoms with van der Waals surface area (Å²) in [7, 11) is -3.73. The van der Waals surface area contributed by atoms with Crippen LogP contribution in [-0.4, -0.2) is 31.6 Å². The van der Waals surface area contributed by atoms with Gasteiger partial charge in [-0.05, 0) is 31.0 Å². The summed E-state index contributed by atoms with van der Waals surface area (Å²) in [6.45, 7) is 0.279. The normalized spacial score (nSPS) is 21.2. The molecule has 1 aliphatic heterocycles. The summed E-state index contributed by atoms with van der Waals surface area (Å²) in [5.41, 5.74) is -0.0302. The molecule has 0 amide bonds. The zero-order valence-electron chi connectivity index (χ0n) is 12.6. The summed E-state index contributed by atoms with van der Waals surface area (Å²) < 4.78 is 53.8. The Hall–Kier alpha value is -1.41. The van der Waals surface area contributed by atoms with Crippen LogP contribution in [0.3, 0.4) is 0 Å². The molecule has 1 aliphatic rings. The number of alkyl halides is 3. The lowest BCUT2D eigenvalue weighted by molar-refractivity contribution is -0.0503. The lowest BCUT2D eigenvalue weighted by Crippen LogP contribution is -2.28. The first-order chi connectivity index (χ1) is 10.6. The second-order valence-corrected chi connectivity index (χ2v) is 7.83. The Labute approximate surface area is 138 Å². The van der Waals surface area contributed by atoms with Crippen LogP contribution in [-0.2, 0) is 20.4 Å². The van der Waals surface area contributed by atoms with E-state index in [1.807, 2.05) is 0 Å². The van der Waals surface area contributed by atoms with E-state index < -0.39 is 22.0 Å². The highest BCUT2D eigenvalue weighted by molar-refractivity contribution is 8.05. The summed E-state index contributed by atoms with van der Waals surface area (Å²) in [6, 6.07) is 4.36. The summed E-state index contributed by atoms with van der Waals surface area (Å²) in [6.07, 6.45) is 0.0745. The summed E-state index contributed by atoms with van der Waals surface area (Å²) in [5.74, 6) is -0.331. The maximum atomic E-state index is 12.4. The Kier molecular flexibility index (Phi) is 5.15. The van der Waals surface area contributed by atoms with Crippen molar-refractivity contribution in [2.45, 2.75) is 38.2 Å². The number of ether oxygens (including phenoxy) is 1. The molecule has 0 fully saturated rings. The van der Waals surface area contributed by atoms with Crippen LogP contribution in [0.5, 0.6) is 5.75 Å².